The normalized spacial score (nSPS) is 19.6. The molecule has 2 aromatic rings. The van der Waals surface area contributed by atoms with Gasteiger partial charge in [0.15, 0.2) is 5.76 Å². The number of likely N-dealkylation sites (tertiary alicyclic amines) is 2. The zero-order valence-electron chi connectivity index (χ0n) is 16.0. The fourth-order valence-electron chi connectivity index (χ4n) is 3.95. The monoisotopic (exact) mass is 382 g/mol. The summed E-state index contributed by atoms with van der Waals surface area (Å²) in [5.74, 6) is 1.48. The molecule has 148 valence electrons. The van der Waals surface area contributed by atoms with Crippen molar-refractivity contribution in [3.8, 4) is 5.75 Å². The molecule has 1 aromatic heterocycles. The zero-order valence-corrected chi connectivity index (χ0v) is 16.0. The summed E-state index contributed by atoms with van der Waals surface area (Å²) in [5.41, 5.74) is 0.710. The van der Waals surface area contributed by atoms with Crippen LogP contribution in [0.5, 0.6) is 5.75 Å². The van der Waals surface area contributed by atoms with E-state index in [0.717, 1.165) is 51.1 Å². The van der Waals surface area contributed by atoms with E-state index in [-0.39, 0.29) is 11.8 Å². The number of benzene rings is 1. The molecule has 1 aromatic carbocycles. The molecule has 0 unspecified atom stereocenters. The smallest absolute Gasteiger partial charge is 0.289 e. The van der Waals surface area contributed by atoms with Gasteiger partial charge in [0.2, 0.25) is 0 Å². The van der Waals surface area contributed by atoms with Crippen molar-refractivity contribution in [3.05, 3.63) is 54.0 Å². The van der Waals surface area contributed by atoms with Gasteiger partial charge in [0, 0.05) is 37.7 Å². The Labute approximate surface area is 165 Å². The number of amides is 2. The maximum absolute atomic E-state index is 12.4. The van der Waals surface area contributed by atoms with Gasteiger partial charge in [-0.3, -0.25) is 9.59 Å². The van der Waals surface area contributed by atoms with Gasteiger partial charge < -0.3 is 19.0 Å². The van der Waals surface area contributed by atoms with Gasteiger partial charge in [0.05, 0.1) is 12.9 Å². The molecule has 0 aliphatic carbocycles. The van der Waals surface area contributed by atoms with Gasteiger partial charge in [-0.05, 0) is 62.1 Å². The SMILES string of the molecule is O=C(c1ccc(OC[C@@H]2CCCN(C(=O)c3ccco3)C2)cc1)N1CCCC1. The van der Waals surface area contributed by atoms with Crippen molar-refractivity contribution in [1.29, 1.82) is 0 Å². The van der Waals surface area contributed by atoms with Gasteiger partial charge in [-0.15, -0.1) is 0 Å². The second-order valence-electron chi connectivity index (χ2n) is 7.57. The topological polar surface area (TPSA) is 63.0 Å². The summed E-state index contributed by atoms with van der Waals surface area (Å²) in [5, 5.41) is 0. The molecule has 0 spiro atoms. The Balaban J connectivity index is 1.29. The summed E-state index contributed by atoms with van der Waals surface area (Å²) in [4.78, 5) is 28.6. The minimum absolute atomic E-state index is 0.0560. The summed E-state index contributed by atoms with van der Waals surface area (Å²) in [7, 11) is 0. The average Bonchev–Trinajstić information content (AvgIpc) is 3.46. The van der Waals surface area contributed by atoms with Crippen LogP contribution in [0, 0.1) is 5.92 Å². The van der Waals surface area contributed by atoms with Crippen molar-refractivity contribution in [2.45, 2.75) is 25.7 Å². The third kappa shape index (κ3) is 4.21. The summed E-state index contributed by atoms with van der Waals surface area (Å²) >= 11 is 0. The number of hydrogen-bond acceptors (Lipinski definition) is 4. The van der Waals surface area contributed by atoms with Crippen molar-refractivity contribution in [2.75, 3.05) is 32.8 Å². The van der Waals surface area contributed by atoms with E-state index in [1.807, 2.05) is 34.1 Å². The highest BCUT2D eigenvalue weighted by molar-refractivity contribution is 5.94. The third-order valence-corrected chi connectivity index (χ3v) is 5.52. The summed E-state index contributed by atoms with van der Waals surface area (Å²) in [6, 6.07) is 10.8. The molecule has 1 atom stereocenters. The lowest BCUT2D eigenvalue weighted by atomic mass is 9.98. The molecule has 2 fully saturated rings. The molecule has 0 radical (unpaired) electrons. The van der Waals surface area contributed by atoms with Crippen LogP contribution in [0.15, 0.2) is 47.1 Å². The summed E-state index contributed by atoms with van der Waals surface area (Å²) in [6.07, 6.45) is 5.70. The van der Waals surface area contributed by atoms with Gasteiger partial charge in [0.25, 0.3) is 11.8 Å². The molecule has 2 saturated heterocycles. The molecule has 6 nitrogen and oxygen atoms in total. The molecule has 0 bridgehead atoms. The first-order chi connectivity index (χ1) is 13.7. The predicted octanol–water partition coefficient (Wildman–Crippen LogP) is 3.45. The fraction of sp³-hybridized carbons (Fsp3) is 0.455. The van der Waals surface area contributed by atoms with E-state index in [1.54, 1.807) is 12.1 Å². The van der Waals surface area contributed by atoms with Crippen molar-refractivity contribution < 1.29 is 18.7 Å². The molecule has 4 rings (SSSR count). The number of hydrogen-bond donors (Lipinski definition) is 0. The molecular formula is C22H26N2O4. The number of carbonyl (C=O) groups excluding carboxylic acids is 2. The van der Waals surface area contributed by atoms with Gasteiger partial charge in [0.1, 0.15) is 5.75 Å². The minimum Gasteiger partial charge on any atom is -0.493 e. The second-order valence-corrected chi connectivity index (χ2v) is 7.57. The van der Waals surface area contributed by atoms with Crippen LogP contribution in [0.4, 0.5) is 0 Å². The molecule has 0 N–H and O–H groups in total. The van der Waals surface area contributed by atoms with E-state index in [9.17, 15) is 9.59 Å². The van der Waals surface area contributed by atoms with Crippen molar-refractivity contribution in [2.24, 2.45) is 5.92 Å². The Morgan fingerprint density at radius 1 is 0.964 bits per heavy atom. The van der Waals surface area contributed by atoms with Crippen LogP contribution in [0.1, 0.15) is 46.6 Å². The Morgan fingerprint density at radius 3 is 2.43 bits per heavy atom. The maximum atomic E-state index is 12.4. The largest absolute Gasteiger partial charge is 0.493 e. The quantitative estimate of drug-likeness (QED) is 0.795. The number of ether oxygens (including phenoxy) is 1. The fourth-order valence-corrected chi connectivity index (χ4v) is 3.95. The van der Waals surface area contributed by atoms with Gasteiger partial charge in [-0.2, -0.15) is 0 Å². The summed E-state index contributed by atoms with van der Waals surface area (Å²) < 4.78 is 11.2. The van der Waals surface area contributed by atoms with E-state index in [4.69, 9.17) is 9.15 Å². The van der Waals surface area contributed by atoms with E-state index >= 15 is 0 Å². The first-order valence-corrected chi connectivity index (χ1v) is 10.1. The number of carbonyl (C=O) groups is 2. The summed E-state index contributed by atoms with van der Waals surface area (Å²) in [6.45, 7) is 3.69. The molecule has 6 heteroatoms. The lowest BCUT2D eigenvalue weighted by Crippen LogP contribution is -2.41. The molecule has 0 saturated carbocycles. The zero-order chi connectivity index (χ0) is 19.3. The lowest BCUT2D eigenvalue weighted by molar-refractivity contribution is 0.0602. The Morgan fingerprint density at radius 2 is 1.71 bits per heavy atom. The van der Waals surface area contributed by atoms with Crippen molar-refractivity contribution in [1.82, 2.24) is 9.80 Å². The number of rotatable bonds is 5. The predicted molar refractivity (Wildman–Crippen MR) is 104 cm³/mol. The van der Waals surface area contributed by atoms with Crippen molar-refractivity contribution in [3.63, 3.8) is 0 Å². The van der Waals surface area contributed by atoms with Gasteiger partial charge >= 0.3 is 0 Å². The van der Waals surface area contributed by atoms with Crippen LogP contribution < -0.4 is 4.74 Å². The maximum Gasteiger partial charge on any atom is 0.289 e. The second kappa shape index (κ2) is 8.50. The highest BCUT2D eigenvalue weighted by Crippen LogP contribution is 2.22. The Bertz CT molecular complexity index is 794. The Kier molecular flexibility index (Phi) is 5.65. The highest BCUT2D eigenvalue weighted by atomic mass is 16.5. The number of nitrogens with zero attached hydrogens (tertiary/aromatic N) is 2. The Hall–Kier alpha value is -2.76. The van der Waals surface area contributed by atoms with E-state index in [0.29, 0.717) is 30.4 Å². The molecule has 2 aliphatic heterocycles. The number of piperidine rings is 1. The third-order valence-electron chi connectivity index (χ3n) is 5.52. The number of furan rings is 1. The van der Waals surface area contributed by atoms with Crippen LogP contribution in [-0.4, -0.2) is 54.4 Å². The molecular weight excluding hydrogens is 356 g/mol. The van der Waals surface area contributed by atoms with Crippen LogP contribution in [0.3, 0.4) is 0 Å². The first kappa shape index (κ1) is 18.6. The van der Waals surface area contributed by atoms with E-state index < -0.39 is 0 Å². The molecule has 2 aliphatic rings. The van der Waals surface area contributed by atoms with E-state index in [1.165, 1.54) is 6.26 Å². The van der Waals surface area contributed by atoms with E-state index in [2.05, 4.69) is 0 Å². The molecule has 28 heavy (non-hydrogen) atoms. The van der Waals surface area contributed by atoms with Crippen LogP contribution >= 0.6 is 0 Å². The van der Waals surface area contributed by atoms with Gasteiger partial charge in [-0.25, -0.2) is 0 Å². The van der Waals surface area contributed by atoms with Crippen molar-refractivity contribution >= 4 is 11.8 Å². The van der Waals surface area contributed by atoms with Crippen LogP contribution in [-0.2, 0) is 0 Å². The van der Waals surface area contributed by atoms with Crippen LogP contribution in [0.25, 0.3) is 0 Å². The van der Waals surface area contributed by atoms with Gasteiger partial charge in [-0.1, -0.05) is 0 Å². The first-order valence-electron chi connectivity index (χ1n) is 10.1. The average molecular weight is 382 g/mol. The minimum atomic E-state index is -0.0560. The van der Waals surface area contributed by atoms with Crippen LogP contribution in [0.2, 0.25) is 0 Å². The lowest BCUT2D eigenvalue weighted by Gasteiger charge is -2.32. The highest BCUT2D eigenvalue weighted by Gasteiger charge is 2.26. The molecule has 2 amide bonds. The standard InChI is InChI=1S/C22H26N2O4/c25-21(23-11-1-2-12-23)18-7-9-19(10-8-18)28-16-17-5-3-13-24(15-17)22(26)20-6-4-14-27-20/h4,6-10,14,17H,1-3,5,11-13,15-16H2/t17-/m1/s1. The molecule has 3 heterocycles.